The third-order valence-electron chi connectivity index (χ3n) is 4.25. The van der Waals surface area contributed by atoms with E-state index >= 15 is 0 Å². The molecule has 1 aromatic carbocycles. The van der Waals surface area contributed by atoms with Gasteiger partial charge in [0.15, 0.2) is 0 Å². The van der Waals surface area contributed by atoms with Gasteiger partial charge in [0, 0.05) is 18.0 Å². The zero-order valence-corrected chi connectivity index (χ0v) is 14.8. The predicted octanol–water partition coefficient (Wildman–Crippen LogP) is 1.62. The summed E-state index contributed by atoms with van der Waals surface area (Å²) >= 11 is 0. The molecule has 2 atom stereocenters. The summed E-state index contributed by atoms with van der Waals surface area (Å²) < 4.78 is 39.7. The highest BCUT2D eigenvalue weighted by molar-refractivity contribution is 7.92. The lowest BCUT2D eigenvalue weighted by Crippen LogP contribution is -2.40. The summed E-state index contributed by atoms with van der Waals surface area (Å²) in [6.07, 6.45) is 0.279. The van der Waals surface area contributed by atoms with Crippen molar-refractivity contribution in [3.8, 4) is 0 Å². The van der Waals surface area contributed by atoms with E-state index in [-0.39, 0.29) is 24.7 Å². The zero-order chi connectivity index (χ0) is 18.1. The molecule has 132 valence electrons. The van der Waals surface area contributed by atoms with Gasteiger partial charge in [-0.2, -0.15) is 4.72 Å². The van der Waals surface area contributed by atoms with Crippen LogP contribution in [0.4, 0.5) is 10.1 Å². The van der Waals surface area contributed by atoms with Crippen molar-refractivity contribution in [1.29, 1.82) is 0 Å². The van der Waals surface area contributed by atoms with Crippen LogP contribution in [0.25, 0.3) is 0 Å². The topological polar surface area (TPSA) is 69.7 Å². The average molecular weight is 355 g/mol. The van der Waals surface area contributed by atoms with Gasteiger partial charge in [-0.25, -0.2) is 12.8 Å². The Morgan fingerprint density at radius 3 is 2.67 bits per heavy atom. The first-order valence-electron chi connectivity index (χ1n) is 7.58. The number of sulfonamides is 1. The zero-order valence-electron chi connectivity index (χ0n) is 14.0. The number of carbonyl (C=O) groups excluding carboxylic acids is 1. The molecule has 0 bridgehead atoms. The molecule has 0 spiro atoms. The number of amides is 1. The fourth-order valence-corrected chi connectivity index (χ4v) is 3.29. The van der Waals surface area contributed by atoms with Gasteiger partial charge in [-0.05, 0) is 45.1 Å². The highest BCUT2D eigenvalue weighted by atomic mass is 32.2. The average Bonchev–Trinajstić information content (AvgIpc) is 2.87. The fraction of sp³-hybridized carbons (Fsp3) is 0.438. The van der Waals surface area contributed by atoms with Crippen molar-refractivity contribution in [1.82, 2.24) is 9.62 Å². The van der Waals surface area contributed by atoms with Crippen molar-refractivity contribution in [2.75, 3.05) is 25.5 Å². The number of rotatable bonds is 6. The molecule has 1 amide bonds. The van der Waals surface area contributed by atoms with Gasteiger partial charge in [-0.3, -0.25) is 4.79 Å². The molecule has 1 aromatic rings. The SMILES string of the molecule is C=CS(=O)(=O)NC1CCN(c2ccc(C(C)N(C)C)cc2F)C1=O. The van der Waals surface area contributed by atoms with Crippen LogP contribution >= 0.6 is 0 Å². The van der Waals surface area contributed by atoms with Crippen molar-refractivity contribution in [2.45, 2.75) is 25.4 Å². The fourth-order valence-electron chi connectivity index (χ4n) is 2.57. The first kappa shape index (κ1) is 18.6. The molecule has 1 fully saturated rings. The summed E-state index contributed by atoms with van der Waals surface area (Å²) in [6.45, 7) is 5.40. The van der Waals surface area contributed by atoms with Gasteiger partial charge in [0.2, 0.25) is 15.9 Å². The van der Waals surface area contributed by atoms with Gasteiger partial charge in [-0.1, -0.05) is 12.6 Å². The van der Waals surface area contributed by atoms with Gasteiger partial charge in [0.05, 0.1) is 5.69 Å². The van der Waals surface area contributed by atoms with E-state index in [1.165, 1.54) is 11.0 Å². The molecule has 2 unspecified atom stereocenters. The number of nitrogens with one attached hydrogen (secondary N) is 1. The Bertz CT molecular complexity index is 749. The number of halogens is 1. The number of hydrogen-bond donors (Lipinski definition) is 1. The second-order valence-electron chi connectivity index (χ2n) is 6.01. The van der Waals surface area contributed by atoms with Crippen LogP contribution in [0, 0.1) is 5.82 Å². The Labute approximate surface area is 142 Å². The van der Waals surface area contributed by atoms with Gasteiger partial charge in [-0.15, -0.1) is 0 Å². The second-order valence-corrected chi connectivity index (χ2v) is 7.67. The van der Waals surface area contributed by atoms with Gasteiger partial charge < -0.3 is 9.80 Å². The van der Waals surface area contributed by atoms with Crippen LogP contribution in [0.2, 0.25) is 0 Å². The first-order valence-corrected chi connectivity index (χ1v) is 9.13. The van der Waals surface area contributed by atoms with Crippen LogP contribution in [-0.4, -0.2) is 45.9 Å². The summed E-state index contributed by atoms with van der Waals surface area (Å²) in [6, 6.07) is 3.89. The molecule has 6 nitrogen and oxygen atoms in total. The minimum absolute atomic E-state index is 0.0370. The molecule has 24 heavy (non-hydrogen) atoms. The highest BCUT2D eigenvalue weighted by Gasteiger charge is 2.35. The van der Waals surface area contributed by atoms with Crippen molar-refractivity contribution in [3.05, 3.63) is 41.6 Å². The number of hydrogen-bond acceptors (Lipinski definition) is 4. The van der Waals surface area contributed by atoms with Crippen molar-refractivity contribution >= 4 is 21.6 Å². The molecule has 0 aromatic heterocycles. The minimum atomic E-state index is -3.71. The molecule has 1 aliphatic rings. The monoisotopic (exact) mass is 355 g/mol. The van der Waals surface area contributed by atoms with E-state index in [2.05, 4.69) is 11.3 Å². The third-order valence-corrected chi connectivity index (χ3v) is 5.30. The van der Waals surface area contributed by atoms with Gasteiger partial charge >= 0.3 is 0 Å². The van der Waals surface area contributed by atoms with Crippen molar-refractivity contribution in [3.63, 3.8) is 0 Å². The summed E-state index contributed by atoms with van der Waals surface area (Å²) in [7, 11) is 0.0872. The van der Waals surface area contributed by atoms with Crippen LogP contribution in [-0.2, 0) is 14.8 Å². The summed E-state index contributed by atoms with van der Waals surface area (Å²) in [5.41, 5.74) is 0.965. The largest absolute Gasteiger partial charge is 0.308 e. The molecule has 1 N–H and O–H groups in total. The lowest BCUT2D eigenvalue weighted by atomic mass is 10.1. The number of nitrogens with zero attached hydrogens (tertiary/aromatic N) is 2. The molecule has 0 aliphatic carbocycles. The maximum atomic E-state index is 14.5. The van der Waals surface area contributed by atoms with Gasteiger partial charge in [0.25, 0.3) is 0 Å². The number of carbonyl (C=O) groups is 1. The van der Waals surface area contributed by atoms with E-state index in [4.69, 9.17) is 0 Å². The Kier molecular flexibility index (Phi) is 5.42. The van der Waals surface area contributed by atoms with Crippen LogP contribution in [0.15, 0.2) is 30.2 Å². The number of benzene rings is 1. The molecule has 0 radical (unpaired) electrons. The smallest absolute Gasteiger partial charge is 0.245 e. The minimum Gasteiger partial charge on any atom is -0.308 e. The number of anilines is 1. The summed E-state index contributed by atoms with van der Waals surface area (Å²) in [5.74, 6) is -0.963. The van der Waals surface area contributed by atoms with Gasteiger partial charge in [0.1, 0.15) is 11.9 Å². The molecule has 1 aliphatic heterocycles. The van der Waals surface area contributed by atoms with E-state index in [1.54, 1.807) is 12.1 Å². The van der Waals surface area contributed by atoms with Crippen LogP contribution in [0.5, 0.6) is 0 Å². The molecule has 0 saturated carbocycles. The van der Waals surface area contributed by atoms with Crippen LogP contribution in [0.1, 0.15) is 24.9 Å². The van der Waals surface area contributed by atoms with Crippen molar-refractivity contribution in [2.24, 2.45) is 0 Å². The molecule has 8 heteroatoms. The second kappa shape index (κ2) is 7.00. The van der Waals surface area contributed by atoms with Crippen LogP contribution in [0.3, 0.4) is 0 Å². The Morgan fingerprint density at radius 2 is 2.12 bits per heavy atom. The van der Waals surface area contributed by atoms with E-state index in [0.717, 1.165) is 11.0 Å². The maximum absolute atomic E-state index is 14.5. The standard InChI is InChI=1S/C16H22FN3O3S/c1-5-24(22,23)18-14-8-9-20(16(14)21)15-7-6-12(10-13(15)17)11(2)19(3)4/h5-7,10-11,14,18H,1,8-9H2,2-4H3. The van der Waals surface area contributed by atoms with E-state index in [0.29, 0.717) is 0 Å². The lowest BCUT2D eigenvalue weighted by Gasteiger charge is -2.22. The van der Waals surface area contributed by atoms with E-state index in [9.17, 15) is 17.6 Å². The third kappa shape index (κ3) is 3.82. The Hall–Kier alpha value is -1.77. The molecule has 2 rings (SSSR count). The van der Waals surface area contributed by atoms with Crippen LogP contribution < -0.4 is 9.62 Å². The summed E-state index contributed by atoms with van der Waals surface area (Å²) in [5, 5.41) is 0.751. The molecular formula is C16H22FN3O3S. The lowest BCUT2D eigenvalue weighted by molar-refractivity contribution is -0.118. The Morgan fingerprint density at radius 1 is 1.46 bits per heavy atom. The first-order chi connectivity index (χ1) is 11.2. The molecule has 1 saturated heterocycles. The van der Waals surface area contributed by atoms with E-state index < -0.39 is 27.8 Å². The normalized spacial score (nSPS) is 19.8. The Balaban J connectivity index is 2.21. The van der Waals surface area contributed by atoms with E-state index in [1.807, 2.05) is 25.9 Å². The highest BCUT2D eigenvalue weighted by Crippen LogP contribution is 2.28. The predicted molar refractivity (Wildman–Crippen MR) is 91.5 cm³/mol. The molecule has 1 heterocycles. The van der Waals surface area contributed by atoms with Crippen molar-refractivity contribution < 1.29 is 17.6 Å². The quantitative estimate of drug-likeness (QED) is 0.842. The maximum Gasteiger partial charge on any atom is 0.245 e. The summed E-state index contributed by atoms with van der Waals surface area (Å²) in [4.78, 5) is 15.6. The molecular weight excluding hydrogens is 333 g/mol.